The van der Waals surface area contributed by atoms with Gasteiger partial charge < -0.3 is 5.11 Å². The van der Waals surface area contributed by atoms with E-state index in [0.717, 1.165) is 4.47 Å². The zero-order valence-corrected chi connectivity index (χ0v) is 16.6. The fourth-order valence-electron chi connectivity index (χ4n) is 3.12. The first-order valence-corrected chi connectivity index (χ1v) is 9.86. The van der Waals surface area contributed by atoms with Gasteiger partial charge >= 0.3 is 5.91 Å². The number of halogens is 2. The van der Waals surface area contributed by atoms with E-state index in [0.29, 0.717) is 10.7 Å². The van der Waals surface area contributed by atoms with Crippen molar-refractivity contribution in [1.82, 2.24) is 4.98 Å². The Hall–Kier alpha value is -2.84. The van der Waals surface area contributed by atoms with Gasteiger partial charge in [-0.3, -0.25) is 14.5 Å². The Kier molecular flexibility index (Phi) is 4.82. The first-order valence-electron chi connectivity index (χ1n) is 8.19. The van der Waals surface area contributed by atoms with Crippen LogP contribution in [0.25, 0.3) is 5.76 Å². The number of hydrogen-bond acceptors (Lipinski definition) is 5. The molecule has 0 bridgehead atoms. The molecule has 4 rings (SSSR count). The molecule has 1 aliphatic rings. The smallest absolute Gasteiger partial charge is 0.301 e. The number of aliphatic hydroxyl groups is 1. The lowest BCUT2D eigenvalue weighted by atomic mass is 9.95. The Labute approximate surface area is 171 Å². The molecular formula is C20H12BrFN2O3S. The fourth-order valence-corrected chi connectivity index (χ4v) is 4.20. The van der Waals surface area contributed by atoms with Gasteiger partial charge in [0.2, 0.25) is 0 Å². The van der Waals surface area contributed by atoms with Crippen LogP contribution in [0.3, 0.4) is 0 Å². The second-order valence-electron chi connectivity index (χ2n) is 6.05. The minimum absolute atomic E-state index is 0.0649. The average Bonchev–Trinajstić information content (AvgIpc) is 3.29. The molecule has 1 fully saturated rings. The van der Waals surface area contributed by atoms with Crippen LogP contribution in [0.4, 0.5) is 9.52 Å². The summed E-state index contributed by atoms with van der Waals surface area (Å²) in [4.78, 5) is 31.1. The summed E-state index contributed by atoms with van der Waals surface area (Å²) in [7, 11) is 0. The number of ketones is 1. The summed E-state index contributed by atoms with van der Waals surface area (Å²) in [5, 5.41) is 12.9. The molecule has 140 valence electrons. The Bertz CT molecular complexity index is 1100. The molecule has 3 aromatic rings. The summed E-state index contributed by atoms with van der Waals surface area (Å²) in [6, 6.07) is 11.4. The zero-order valence-electron chi connectivity index (χ0n) is 14.2. The molecule has 1 atom stereocenters. The highest BCUT2D eigenvalue weighted by Crippen LogP contribution is 2.43. The van der Waals surface area contributed by atoms with E-state index < -0.39 is 23.5 Å². The Morgan fingerprint density at radius 3 is 2.57 bits per heavy atom. The van der Waals surface area contributed by atoms with Crippen molar-refractivity contribution in [3.63, 3.8) is 0 Å². The van der Waals surface area contributed by atoms with Gasteiger partial charge in [0, 0.05) is 21.6 Å². The number of amides is 1. The number of benzene rings is 2. The van der Waals surface area contributed by atoms with E-state index in [9.17, 15) is 19.1 Å². The second kappa shape index (κ2) is 7.29. The largest absolute Gasteiger partial charge is 0.507 e. The number of anilines is 1. The molecule has 0 radical (unpaired) electrons. The number of carbonyl (C=O) groups excluding carboxylic acids is 2. The van der Waals surface area contributed by atoms with E-state index in [1.165, 1.54) is 46.7 Å². The lowest BCUT2D eigenvalue weighted by Crippen LogP contribution is -2.29. The van der Waals surface area contributed by atoms with Crippen molar-refractivity contribution in [3.8, 4) is 0 Å². The van der Waals surface area contributed by atoms with Gasteiger partial charge in [0.05, 0.1) is 11.6 Å². The van der Waals surface area contributed by atoms with Crippen molar-refractivity contribution in [2.24, 2.45) is 0 Å². The third-order valence-electron chi connectivity index (χ3n) is 4.35. The van der Waals surface area contributed by atoms with Crippen molar-refractivity contribution in [1.29, 1.82) is 0 Å². The summed E-state index contributed by atoms with van der Waals surface area (Å²) >= 11 is 4.61. The molecule has 1 aromatic heterocycles. The summed E-state index contributed by atoms with van der Waals surface area (Å²) in [6.45, 7) is 0. The van der Waals surface area contributed by atoms with Crippen molar-refractivity contribution in [2.45, 2.75) is 6.04 Å². The van der Waals surface area contributed by atoms with Crippen LogP contribution in [0, 0.1) is 5.82 Å². The fraction of sp³-hybridized carbons (Fsp3) is 0.0500. The molecule has 8 heteroatoms. The minimum atomic E-state index is -0.853. The van der Waals surface area contributed by atoms with Gasteiger partial charge in [0.25, 0.3) is 5.78 Å². The average molecular weight is 459 g/mol. The van der Waals surface area contributed by atoms with Crippen LogP contribution in [-0.2, 0) is 9.59 Å². The van der Waals surface area contributed by atoms with E-state index in [1.807, 2.05) is 6.07 Å². The molecule has 1 amide bonds. The number of aliphatic hydroxyl groups excluding tert-OH is 1. The van der Waals surface area contributed by atoms with Crippen molar-refractivity contribution in [3.05, 3.63) is 87.1 Å². The van der Waals surface area contributed by atoms with Crippen LogP contribution >= 0.6 is 27.3 Å². The van der Waals surface area contributed by atoms with Gasteiger partial charge in [-0.1, -0.05) is 28.1 Å². The Morgan fingerprint density at radius 1 is 1.18 bits per heavy atom. The number of thiazole rings is 1. The molecule has 2 aromatic carbocycles. The van der Waals surface area contributed by atoms with Crippen molar-refractivity contribution in [2.75, 3.05) is 4.90 Å². The van der Waals surface area contributed by atoms with Crippen LogP contribution < -0.4 is 4.90 Å². The van der Waals surface area contributed by atoms with E-state index in [-0.39, 0.29) is 16.9 Å². The maximum atomic E-state index is 13.3. The highest BCUT2D eigenvalue weighted by atomic mass is 79.9. The summed E-state index contributed by atoms with van der Waals surface area (Å²) < 4.78 is 14.0. The Balaban J connectivity index is 1.95. The number of Topliss-reactive ketones (excluding diaryl/α,β-unsaturated/α-hetero) is 1. The molecule has 0 saturated carbocycles. The summed E-state index contributed by atoms with van der Waals surface area (Å²) in [6.07, 6.45) is 1.54. The first-order chi connectivity index (χ1) is 13.5. The van der Waals surface area contributed by atoms with E-state index in [4.69, 9.17) is 0 Å². The SMILES string of the molecule is O=C1C(=O)N(c2nccs2)C(c2cccc(Br)c2)C1=C(O)c1ccc(F)cc1. The van der Waals surface area contributed by atoms with Crippen LogP contribution in [0.15, 0.2) is 70.2 Å². The minimum Gasteiger partial charge on any atom is -0.507 e. The quantitative estimate of drug-likeness (QED) is 0.351. The molecule has 1 unspecified atom stereocenters. The first kappa shape index (κ1) is 18.5. The normalized spacial score (nSPS) is 18.6. The third kappa shape index (κ3) is 3.14. The van der Waals surface area contributed by atoms with Gasteiger partial charge in [-0.2, -0.15) is 0 Å². The maximum absolute atomic E-state index is 13.3. The standard InChI is InChI=1S/C20H12BrFN2O3S/c21-13-3-1-2-12(10-13)16-15(17(25)11-4-6-14(22)7-5-11)18(26)19(27)24(16)20-23-8-9-28-20/h1-10,16,25H. The number of nitrogens with zero attached hydrogens (tertiary/aromatic N) is 2. The van der Waals surface area contributed by atoms with Crippen LogP contribution in [0.2, 0.25) is 0 Å². The lowest BCUT2D eigenvalue weighted by molar-refractivity contribution is -0.132. The van der Waals surface area contributed by atoms with Crippen molar-refractivity contribution < 1.29 is 19.1 Å². The molecule has 0 aliphatic carbocycles. The van der Waals surface area contributed by atoms with Crippen LogP contribution in [0.1, 0.15) is 17.2 Å². The van der Waals surface area contributed by atoms with E-state index in [1.54, 1.807) is 23.6 Å². The highest BCUT2D eigenvalue weighted by Gasteiger charge is 2.47. The van der Waals surface area contributed by atoms with Gasteiger partial charge in [-0.15, -0.1) is 11.3 Å². The summed E-state index contributed by atoms with van der Waals surface area (Å²) in [5.41, 5.74) is 0.816. The Morgan fingerprint density at radius 2 is 1.93 bits per heavy atom. The molecule has 5 nitrogen and oxygen atoms in total. The number of rotatable bonds is 3. The molecule has 0 spiro atoms. The third-order valence-corrected chi connectivity index (χ3v) is 5.62. The molecule has 28 heavy (non-hydrogen) atoms. The van der Waals surface area contributed by atoms with E-state index >= 15 is 0 Å². The zero-order chi connectivity index (χ0) is 19.8. The molecular weight excluding hydrogens is 447 g/mol. The van der Waals surface area contributed by atoms with Crippen LogP contribution in [0.5, 0.6) is 0 Å². The van der Waals surface area contributed by atoms with Crippen molar-refractivity contribution >= 4 is 49.8 Å². The summed E-state index contributed by atoms with van der Waals surface area (Å²) in [5.74, 6) is -2.42. The number of aromatic nitrogens is 1. The monoisotopic (exact) mass is 458 g/mol. The predicted molar refractivity (Wildman–Crippen MR) is 107 cm³/mol. The van der Waals surface area contributed by atoms with Gasteiger partial charge in [0.1, 0.15) is 11.6 Å². The lowest BCUT2D eigenvalue weighted by Gasteiger charge is -2.23. The van der Waals surface area contributed by atoms with Gasteiger partial charge in [-0.05, 0) is 42.0 Å². The molecule has 2 heterocycles. The molecule has 1 N–H and O–H groups in total. The van der Waals surface area contributed by atoms with Gasteiger partial charge in [-0.25, -0.2) is 9.37 Å². The molecule has 1 aliphatic heterocycles. The highest BCUT2D eigenvalue weighted by molar-refractivity contribution is 9.10. The number of carbonyl (C=O) groups is 2. The maximum Gasteiger partial charge on any atom is 0.301 e. The predicted octanol–water partition coefficient (Wildman–Crippen LogP) is 4.67. The second-order valence-corrected chi connectivity index (χ2v) is 7.83. The molecule has 1 saturated heterocycles. The van der Waals surface area contributed by atoms with E-state index in [2.05, 4.69) is 20.9 Å². The van der Waals surface area contributed by atoms with Gasteiger partial charge in [0.15, 0.2) is 5.13 Å². The van der Waals surface area contributed by atoms with Crippen LogP contribution in [-0.4, -0.2) is 21.8 Å². The topological polar surface area (TPSA) is 70.5 Å². The number of hydrogen-bond donors (Lipinski definition) is 1.